The molecule has 0 amide bonds. The zero-order valence-electron chi connectivity index (χ0n) is 11.0. The Balaban J connectivity index is 2.34. The van der Waals surface area contributed by atoms with Crippen molar-refractivity contribution in [3.63, 3.8) is 0 Å². The van der Waals surface area contributed by atoms with Crippen molar-refractivity contribution in [2.75, 3.05) is 0 Å². The number of unbranched alkanes of at least 4 members (excludes halogenated alkanes) is 1. The monoisotopic (exact) mass is 268 g/mol. The molecule has 1 aromatic heterocycles. The predicted molar refractivity (Wildman–Crippen MR) is 84.2 cm³/mol. The molecule has 0 N–H and O–H groups in total. The van der Waals surface area contributed by atoms with Gasteiger partial charge >= 0.3 is 0 Å². The second-order valence-electron chi connectivity index (χ2n) is 4.82. The van der Waals surface area contributed by atoms with Crippen molar-refractivity contribution in [3.8, 4) is 0 Å². The Kier molecular flexibility index (Phi) is 3.34. The second-order valence-corrected chi connectivity index (χ2v) is 5.88. The van der Waals surface area contributed by atoms with E-state index in [1.54, 1.807) is 11.3 Å². The number of rotatable bonds is 3. The summed E-state index contributed by atoms with van der Waals surface area (Å²) in [5, 5.41) is 1.71. The van der Waals surface area contributed by atoms with E-state index in [2.05, 4.69) is 13.0 Å². The molecule has 3 rings (SSSR count). The van der Waals surface area contributed by atoms with Gasteiger partial charge in [-0.25, -0.2) is 0 Å². The van der Waals surface area contributed by atoms with Gasteiger partial charge in [0.1, 0.15) is 0 Å². The van der Waals surface area contributed by atoms with Gasteiger partial charge in [-0.15, -0.1) is 11.3 Å². The lowest BCUT2D eigenvalue weighted by Crippen LogP contribution is -2.02. The first-order valence-electron chi connectivity index (χ1n) is 6.74. The maximum absolute atomic E-state index is 12.5. The number of hydrogen-bond acceptors (Lipinski definition) is 2. The Morgan fingerprint density at radius 1 is 1.00 bits per heavy atom. The van der Waals surface area contributed by atoms with E-state index in [-0.39, 0.29) is 5.43 Å². The van der Waals surface area contributed by atoms with Crippen LogP contribution in [0.25, 0.3) is 20.2 Å². The van der Waals surface area contributed by atoms with Crippen LogP contribution < -0.4 is 5.43 Å². The van der Waals surface area contributed by atoms with Gasteiger partial charge in [-0.3, -0.25) is 4.79 Å². The molecule has 0 unspecified atom stereocenters. The molecular formula is C17H16OS. The van der Waals surface area contributed by atoms with Crippen LogP contribution in [0.3, 0.4) is 0 Å². The standard InChI is InChI=1S/C17H16OS/c1-2-3-7-12-8-6-10-14-16(18)13-9-4-5-11-15(13)19-17(12)14/h4-6,8-11H,2-3,7H2,1H3. The third-order valence-corrected chi connectivity index (χ3v) is 4.75. The van der Waals surface area contributed by atoms with Crippen LogP contribution in [-0.4, -0.2) is 0 Å². The highest BCUT2D eigenvalue weighted by atomic mass is 32.1. The van der Waals surface area contributed by atoms with Gasteiger partial charge in [-0.2, -0.15) is 0 Å². The molecule has 0 radical (unpaired) electrons. The molecule has 0 aliphatic heterocycles. The highest BCUT2D eigenvalue weighted by molar-refractivity contribution is 7.24. The van der Waals surface area contributed by atoms with Crippen LogP contribution in [0.15, 0.2) is 47.3 Å². The van der Waals surface area contributed by atoms with Gasteiger partial charge in [0.2, 0.25) is 0 Å². The number of hydrogen-bond donors (Lipinski definition) is 0. The molecule has 0 aliphatic carbocycles. The van der Waals surface area contributed by atoms with Crippen LogP contribution in [0.4, 0.5) is 0 Å². The molecule has 2 heteroatoms. The van der Waals surface area contributed by atoms with Gasteiger partial charge in [-0.1, -0.05) is 37.6 Å². The summed E-state index contributed by atoms with van der Waals surface area (Å²) in [6, 6.07) is 14.0. The van der Waals surface area contributed by atoms with E-state index >= 15 is 0 Å². The molecule has 19 heavy (non-hydrogen) atoms. The maximum Gasteiger partial charge on any atom is 0.195 e. The molecule has 0 saturated carbocycles. The highest BCUT2D eigenvalue weighted by Crippen LogP contribution is 2.28. The Bertz CT molecular complexity index is 786. The van der Waals surface area contributed by atoms with Crippen LogP contribution in [0.2, 0.25) is 0 Å². The van der Waals surface area contributed by atoms with Crippen molar-refractivity contribution in [1.82, 2.24) is 0 Å². The van der Waals surface area contributed by atoms with Crippen molar-refractivity contribution in [2.45, 2.75) is 26.2 Å². The largest absolute Gasteiger partial charge is 0.289 e. The van der Waals surface area contributed by atoms with E-state index in [0.29, 0.717) is 0 Å². The third-order valence-electron chi connectivity index (χ3n) is 3.48. The molecular weight excluding hydrogens is 252 g/mol. The summed E-state index contributed by atoms with van der Waals surface area (Å²) in [6.07, 6.45) is 3.41. The Hall–Kier alpha value is -1.67. The minimum Gasteiger partial charge on any atom is -0.289 e. The van der Waals surface area contributed by atoms with E-state index in [4.69, 9.17) is 0 Å². The molecule has 1 nitrogen and oxygen atoms in total. The van der Waals surface area contributed by atoms with Gasteiger partial charge in [-0.05, 0) is 36.6 Å². The van der Waals surface area contributed by atoms with Gasteiger partial charge in [0.15, 0.2) is 5.43 Å². The molecule has 0 spiro atoms. The molecule has 2 aromatic carbocycles. The molecule has 0 saturated heterocycles. The summed E-state index contributed by atoms with van der Waals surface area (Å²) >= 11 is 1.74. The predicted octanol–water partition coefficient (Wildman–Crippen LogP) is 4.76. The summed E-state index contributed by atoms with van der Waals surface area (Å²) in [5.74, 6) is 0. The van der Waals surface area contributed by atoms with Crippen LogP contribution in [-0.2, 0) is 6.42 Å². The maximum atomic E-state index is 12.5. The molecule has 0 aliphatic rings. The molecule has 0 atom stereocenters. The zero-order valence-corrected chi connectivity index (χ0v) is 11.8. The van der Waals surface area contributed by atoms with Gasteiger partial charge in [0, 0.05) is 20.2 Å². The average Bonchev–Trinajstić information content (AvgIpc) is 2.46. The van der Waals surface area contributed by atoms with Crippen LogP contribution in [0.1, 0.15) is 25.3 Å². The third kappa shape index (κ3) is 2.17. The summed E-state index contributed by atoms with van der Waals surface area (Å²) in [4.78, 5) is 12.5. The van der Waals surface area contributed by atoms with Gasteiger partial charge in [0.25, 0.3) is 0 Å². The minimum atomic E-state index is 0.169. The quantitative estimate of drug-likeness (QED) is 0.626. The van der Waals surface area contributed by atoms with Crippen molar-refractivity contribution >= 4 is 31.5 Å². The lowest BCUT2D eigenvalue weighted by molar-refractivity contribution is 0.799. The molecule has 0 fully saturated rings. The zero-order chi connectivity index (χ0) is 13.2. The molecule has 1 heterocycles. The lowest BCUT2D eigenvalue weighted by Gasteiger charge is -2.06. The fourth-order valence-electron chi connectivity index (χ4n) is 2.45. The smallest absolute Gasteiger partial charge is 0.195 e. The van der Waals surface area contributed by atoms with Crippen molar-refractivity contribution < 1.29 is 0 Å². The molecule has 3 aromatic rings. The second kappa shape index (κ2) is 5.14. The van der Waals surface area contributed by atoms with E-state index < -0.39 is 0 Å². The number of benzene rings is 2. The first kappa shape index (κ1) is 12.4. The number of aryl methyl sites for hydroxylation is 1. The number of fused-ring (bicyclic) bond motifs is 2. The van der Waals surface area contributed by atoms with Crippen molar-refractivity contribution in [3.05, 3.63) is 58.3 Å². The Morgan fingerprint density at radius 3 is 2.63 bits per heavy atom. The molecule has 96 valence electrons. The highest BCUT2D eigenvalue weighted by Gasteiger charge is 2.08. The van der Waals surface area contributed by atoms with Crippen LogP contribution in [0.5, 0.6) is 0 Å². The Morgan fingerprint density at radius 2 is 1.79 bits per heavy atom. The first-order chi connectivity index (χ1) is 9.31. The summed E-state index contributed by atoms with van der Waals surface area (Å²) in [7, 11) is 0. The topological polar surface area (TPSA) is 17.1 Å². The van der Waals surface area contributed by atoms with E-state index in [0.717, 1.165) is 21.9 Å². The SMILES string of the molecule is CCCCc1cccc2c(=O)c3ccccc3sc12. The van der Waals surface area contributed by atoms with E-state index in [1.807, 2.05) is 36.4 Å². The van der Waals surface area contributed by atoms with Gasteiger partial charge < -0.3 is 0 Å². The van der Waals surface area contributed by atoms with Crippen LogP contribution >= 0.6 is 11.3 Å². The fourth-order valence-corrected chi connectivity index (χ4v) is 3.66. The van der Waals surface area contributed by atoms with Gasteiger partial charge in [0.05, 0.1) is 0 Å². The average molecular weight is 268 g/mol. The summed E-state index contributed by atoms with van der Waals surface area (Å²) < 4.78 is 2.25. The molecule has 0 bridgehead atoms. The van der Waals surface area contributed by atoms with Crippen molar-refractivity contribution in [1.29, 1.82) is 0 Å². The summed E-state index contributed by atoms with van der Waals surface area (Å²) in [5.41, 5.74) is 1.48. The van der Waals surface area contributed by atoms with E-state index in [1.165, 1.54) is 23.1 Å². The fraction of sp³-hybridized carbons (Fsp3) is 0.235. The van der Waals surface area contributed by atoms with E-state index in [9.17, 15) is 4.79 Å². The minimum absolute atomic E-state index is 0.169. The summed E-state index contributed by atoms with van der Waals surface area (Å²) in [6.45, 7) is 2.20. The first-order valence-corrected chi connectivity index (χ1v) is 7.56. The Labute approximate surface area is 116 Å². The van der Waals surface area contributed by atoms with Crippen LogP contribution in [0, 0.1) is 0 Å². The van der Waals surface area contributed by atoms with Crippen molar-refractivity contribution in [2.24, 2.45) is 0 Å². The normalized spacial score (nSPS) is 11.2. The lowest BCUT2D eigenvalue weighted by atomic mass is 10.1.